The summed E-state index contributed by atoms with van der Waals surface area (Å²) in [5.41, 5.74) is 0.761. The van der Waals surface area contributed by atoms with Crippen molar-refractivity contribution < 1.29 is 24.2 Å². The molecule has 0 bridgehead atoms. The van der Waals surface area contributed by atoms with Crippen molar-refractivity contribution in [2.75, 3.05) is 13.8 Å². The van der Waals surface area contributed by atoms with E-state index in [9.17, 15) is 14.7 Å². The van der Waals surface area contributed by atoms with Crippen molar-refractivity contribution in [3.8, 4) is 11.5 Å². The number of nitrogens with zero attached hydrogens (tertiary/aromatic N) is 1. The largest absolute Gasteiger partial charge is 0.481 e. The number of aliphatic carboxylic acids is 1. The lowest BCUT2D eigenvalue weighted by Crippen LogP contribution is -2.42. The molecule has 1 saturated heterocycles. The molecule has 0 radical (unpaired) electrons. The van der Waals surface area contributed by atoms with E-state index in [-0.39, 0.29) is 19.1 Å². The Balaban J connectivity index is 1.99. The normalized spacial score (nSPS) is 24.9. The number of rotatable bonds is 2. The summed E-state index contributed by atoms with van der Waals surface area (Å²) in [6, 6.07) is 4.84. The third kappa shape index (κ3) is 1.97. The number of carboxylic acids is 1. The Morgan fingerprint density at radius 1 is 1.35 bits per heavy atom. The van der Waals surface area contributed by atoms with Gasteiger partial charge in [-0.05, 0) is 24.1 Å². The van der Waals surface area contributed by atoms with Gasteiger partial charge in [-0.15, -0.1) is 0 Å². The van der Waals surface area contributed by atoms with Gasteiger partial charge in [-0.1, -0.05) is 6.07 Å². The summed E-state index contributed by atoms with van der Waals surface area (Å²) in [5.74, 6) is -0.279. The maximum atomic E-state index is 11.9. The van der Waals surface area contributed by atoms with Gasteiger partial charge in [-0.25, -0.2) is 0 Å². The molecular weight excluding hydrogens is 262 g/mol. The van der Waals surface area contributed by atoms with Crippen LogP contribution in [0.15, 0.2) is 18.2 Å². The van der Waals surface area contributed by atoms with Gasteiger partial charge in [0.05, 0.1) is 12.0 Å². The van der Waals surface area contributed by atoms with Crippen molar-refractivity contribution in [3.63, 3.8) is 0 Å². The molecule has 1 fully saturated rings. The van der Waals surface area contributed by atoms with Crippen LogP contribution in [0.2, 0.25) is 0 Å². The SMILES string of the molecule is CN1C(=O)CCC(C(=O)O)C1c1ccc2c(c1)OCO2. The molecule has 2 heterocycles. The van der Waals surface area contributed by atoms with E-state index in [1.165, 1.54) is 4.90 Å². The minimum absolute atomic E-state index is 0.0369. The predicted molar refractivity (Wildman–Crippen MR) is 68.4 cm³/mol. The van der Waals surface area contributed by atoms with Crippen LogP contribution in [0.3, 0.4) is 0 Å². The molecule has 2 unspecified atom stereocenters. The van der Waals surface area contributed by atoms with Crippen molar-refractivity contribution in [2.45, 2.75) is 18.9 Å². The van der Waals surface area contributed by atoms with E-state index in [1.807, 2.05) is 0 Å². The molecule has 0 aliphatic carbocycles. The molecule has 106 valence electrons. The van der Waals surface area contributed by atoms with Gasteiger partial charge in [0.15, 0.2) is 11.5 Å². The van der Waals surface area contributed by atoms with Crippen LogP contribution >= 0.6 is 0 Å². The van der Waals surface area contributed by atoms with Crippen molar-refractivity contribution in [3.05, 3.63) is 23.8 Å². The third-order valence-corrected chi connectivity index (χ3v) is 3.92. The number of likely N-dealkylation sites (tertiary alicyclic amines) is 1. The minimum Gasteiger partial charge on any atom is -0.481 e. The van der Waals surface area contributed by atoms with Gasteiger partial charge in [-0.2, -0.15) is 0 Å². The zero-order valence-electron chi connectivity index (χ0n) is 11.0. The van der Waals surface area contributed by atoms with Gasteiger partial charge < -0.3 is 19.5 Å². The van der Waals surface area contributed by atoms with Crippen LogP contribution in [0, 0.1) is 5.92 Å². The summed E-state index contributed by atoms with van der Waals surface area (Å²) in [7, 11) is 1.65. The number of hydrogen-bond donors (Lipinski definition) is 1. The van der Waals surface area contributed by atoms with Crippen LogP contribution < -0.4 is 9.47 Å². The fraction of sp³-hybridized carbons (Fsp3) is 0.429. The van der Waals surface area contributed by atoms with Crippen LogP contribution in [-0.2, 0) is 9.59 Å². The first-order chi connectivity index (χ1) is 9.58. The predicted octanol–water partition coefficient (Wildman–Crippen LogP) is 1.41. The van der Waals surface area contributed by atoms with Crippen LogP contribution in [0.1, 0.15) is 24.4 Å². The number of fused-ring (bicyclic) bond motifs is 1. The number of hydrogen-bond acceptors (Lipinski definition) is 4. The second-order valence-electron chi connectivity index (χ2n) is 5.05. The summed E-state index contributed by atoms with van der Waals surface area (Å²) >= 11 is 0. The topological polar surface area (TPSA) is 76.1 Å². The second kappa shape index (κ2) is 4.70. The monoisotopic (exact) mass is 277 g/mol. The first-order valence-electron chi connectivity index (χ1n) is 6.46. The van der Waals surface area contributed by atoms with Gasteiger partial charge in [0.2, 0.25) is 12.7 Å². The molecule has 2 aliphatic heterocycles. The second-order valence-corrected chi connectivity index (χ2v) is 5.05. The van der Waals surface area contributed by atoms with Crippen LogP contribution in [0.25, 0.3) is 0 Å². The number of benzene rings is 1. The molecule has 1 N–H and O–H groups in total. The molecule has 2 aliphatic rings. The molecule has 0 saturated carbocycles. The Hall–Kier alpha value is -2.24. The molecule has 1 aromatic carbocycles. The van der Waals surface area contributed by atoms with E-state index < -0.39 is 17.9 Å². The zero-order valence-corrected chi connectivity index (χ0v) is 11.0. The van der Waals surface area contributed by atoms with Crippen molar-refractivity contribution >= 4 is 11.9 Å². The zero-order chi connectivity index (χ0) is 14.3. The third-order valence-electron chi connectivity index (χ3n) is 3.92. The Labute approximate surface area is 115 Å². The average molecular weight is 277 g/mol. The number of amides is 1. The molecule has 3 rings (SSSR count). The molecule has 2 atom stereocenters. The smallest absolute Gasteiger partial charge is 0.308 e. The quantitative estimate of drug-likeness (QED) is 0.884. The summed E-state index contributed by atoms with van der Waals surface area (Å²) in [4.78, 5) is 24.8. The van der Waals surface area contributed by atoms with Gasteiger partial charge in [0.1, 0.15) is 0 Å². The number of carbonyl (C=O) groups excluding carboxylic acids is 1. The summed E-state index contributed by atoms with van der Waals surface area (Å²) in [6.45, 7) is 0.167. The number of carbonyl (C=O) groups is 2. The lowest BCUT2D eigenvalue weighted by molar-refractivity contribution is -0.150. The number of ether oxygens (including phenoxy) is 2. The molecule has 6 heteroatoms. The first kappa shape index (κ1) is 12.8. The average Bonchev–Trinajstić information content (AvgIpc) is 2.88. The van der Waals surface area contributed by atoms with Crippen molar-refractivity contribution in [2.24, 2.45) is 5.92 Å². The molecular formula is C14H15NO5. The van der Waals surface area contributed by atoms with E-state index in [0.717, 1.165) is 5.56 Å². The van der Waals surface area contributed by atoms with E-state index >= 15 is 0 Å². The molecule has 0 aromatic heterocycles. The molecule has 1 amide bonds. The van der Waals surface area contributed by atoms with Crippen LogP contribution in [0.5, 0.6) is 11.5 Å². The maximum Gasteiger partial charge on any atom is 0.308 e. The Morgan fingerprint density at radius 2 is 2.10 bits per heavy atom. The Bertz CT molecular complexity index is 571. The van der Waals surface area contributed by atoms with Crippen LogP contribution in [-0.4, -0.2) is 35.7 Å². The number of carboxylic acid groups (broad SMARTS) is 1. The van der Waals surface area contributed by atoms with Gasteiger partial charge in [-0.3, -0.25) is 9.59 Å². The summed E-state index contributed by atoms with van der Waals surface area (Å²) in [5, 5.41) is 9.37. The summed E-state index contributed by atoms with van der Waals surface area (Å²) in [6.07, 6.45) is 0.631. The highest BCUT2D eigenvalue weighted by molar-refractivity contribution is 5.81. The van der Waals surface area contributed by atoms with E-state index in [0.29, 0.717) is 17.9 Å². The van der Waals surface area contributed by atoms with Gasteiger partial charge >= 0.3 is 5.97 Å². The van der Waals surface area contributed by atoms with Gasteiger partial charge in [0.25, 0.3) is 0 Å². The molecule has 20 heavy (non-hydrogen) atoms. The summed E-state index contributed by atoms with van der Waals surface area (Å²) < 4.78 is 10.6. The highest BCUT2D eigenvalue weighted by Gasteiger charge is 2.39. The molecule has 0 spiro atoms. The highest BCUT2D eigenvalue weighted by Crippen LogP contribution is 2.40. The standard InChI is InChI=1S/C14H15NO5/c1-15-12(16)5-3-9(14(17)18)13(15)8-2-4-10-11(6-8)20-7-19-10/h2,4,6,9,13H,3,5,7H2,1H3,(H,17,18). The highest BCUT2D eigenvalue weighted by atomic mass is 16.7. The van der Waals surface area contributed by atoms with E-state index in [4.69, 9.17) is 9.47 Å². The minimum atomic E-state index is -0.882. The number of piperidine rings is 1. The lowest BCUT2D eigenvalue weighted by Gasteiger charge is -2.37. The van der Waals surface area contributed by atoms with Crippen LogP contribution in [0.4, 0.5) is 0 Å². The van der Waals surface area contributed by atoms with Crippen molar-refractivity contribution in [1.29, 1.82) is 0 Å². The Kier molecular flexibility index (Phi) is 3.00. The Morgan fingerprint density at radius 3 is 2.85 bits per heavy atom. The van der Waals surface area contributed by atoms with E-state index in [2.05, 4.69) is 0 Å². The van der Waals surface area contributed by atoms with Crippen molar-refractivity contribution in [1.82, 2.24) is 4.90 Å². The fourth-order valence-corrected chi connectivity index (χ4v) is 2.85. The first-order valence-corrected chi connectivity index (χ1v) is 6.46. The van der Waals surface area contributed by atoms with Gasteiger partial charge in [0, 0.05) is 13.5 Å². The van der Waals surface area contributed by atoms with E-state index in [1.54, 1.807) is 25.2 Å². The molecule has 1 aromatic rings. The lowest BCUT2D eigenvalue weighted by atomic mass is 9.84. The maximum absolute atomic E-state index is 11.9. The fourth-order valence-electron chi connectivity index (χ4n) is 2.85. The molecule has 6 nitrogen and oxygen atoms in total.